The zero-order valence-electron chi connectivity index (χ0n) is 22.9. The van der Waals surface area contributed by atoms with E-state index in [9.17, 15) is 4.79 Å². The van der Waals surface area contributed by atoms with Crippen LogP contribution < -0.4 is 9.47 Å². The quantitative estimate of drug-likeness (QED) is 0.364. The van der Waals surface area contributed by atoms with Crippen molar-refractivity contribution in [3.8, 4) is 11.5 Å². The highest BCUT2D eigenvalue weighted by molar-refractivity contribution is 5.75. The second kappa shape index (κ2) is 11.3. The summed E-state index contributed by atoms with van der Waals surface area (Å²) in [5.74, 6) is 2.29. The molecule has 2 heterocycles. The third kappa shape index (κ3) is 5.69. The number of hydrogen-bond acceptors (Lipinski definition) is 7. The molecule has 2 aliphatic heterocycles. The highest BCUT2D eigenvalue weighted by atomic mass is 16.6. The molecule has 0 amide bonds. The summed E-state index contributed by atoms with van der Waals surface area (Å²) in [6, 6.07) is 5.94. The lowest BCUT2D eigenvalue weighted by Crippen LogP contribution is -2.46. The van der Waals surface area contributed by atoms with Gasteiger partial charge in [0.2, 0.25) is 0 Å². The predicted octanol–water partition coefficient (Wildman–Crippen LogP) is 4.15. The molecule has 5 rings (SSSR count). The van der Waals surface area contributed by atoms with Crippen molar-refractivity contribution >= 4 is 5.97 Å². The minimum Gasteiger partial charge on any atom is -0.497 e. The molecule has 0 spiro atoms. The van der Waals surface area contributed by atoms with Crippen molar-refractivity contribution < 1.29 is 23.7 Å². The fourth-order valence-electron chi connectivity index (χ4n) is 7.33. The Balaban J connectivity index is 1.35. The molecule has 1 aromatic carbocycles. The van der Waals surface area contributed by atoms with Crippen LogP contribution in [0.15, 0.2) is 30.4 Å². The van der Waals surface area contributed by atoms with Gasteiger partial charge in [0.05, 0.1) is 33.4 Å². The number of carbonyl (C=O) groups is 1. The molecule has 2 aliphatic carbocycles. The Labute approximate surface area is 222 Å². The summed E-state index contributed by atoms with van der Waals surface area (Å²) in [6.07, 6.45) is 5.58. The smallest absolute Gasteiger partial charge is 0.310 e. The highest BCUT2D eigenvalue weighted by Crippen LogP contribution is 2.57. The Bertz CT molecular complexity index is 977. The molecule has 4 aliphatic rings. The number of hydrogen-bond donors (Lipinski definition) is 0. The molecule has 5 atom stereocenters. The molecule has 1 aromatic rings. The predicted molar refractivity (Wildman–Crippen MR) is 143 cm³/mol. The van der Waals surface area contributed by atoms with E-state index in [1.54, 1.807) is 14.2 Å². The van der Waals surface area contributed by atoms with E-state index >= 15 is 0 Å². The van der Waals surface area contributed by atoms with E-state index in [-0.39, 0.29) is 29.3 Å². The van der Waals surface area contributed by atoms with Gasteiger partial charge in [-0.3, -0.25) is 14.6 Å². The van der Waals surface area contributed by atoms with Crippen molar-refractivity contribution in [2.24, 2.45) is 23.2 Å². The first-order valence-electron chi connectivity index (χ1n) is 14.0. The number of ether oxygens (including phenoxy) is 4. The number of carbonyl (C=O) groups excluding carboxylic acids is 1. The number of methoxy groups -OCH3 is 2. The normalized spacial score (nSPS) is 32.1. The standard InChI is InChI=1S/C30H44N2O5/c1-21-6-5-9-30(2)18-28-24(17-26(21)30)25(29(33)37-28)20-32(11-10-31-12-14-36-15-13-31)19-22-16-23(34-3)7-8-27(22)35-4/h7-8,16,24-26,28H,1,5-6,9-15,17-20H2,2-4H3/t24-,25+,26-,28-,30-/m1/s1. The van der Waals surface area contributed by atoms with E-state index in [1.165, 1.54) is 18.4 Å². The molecule has 0 radical (unpaired) electrons. The van der Waals surface area contributed by atoms with Gasteiger partial charge in [0, 0.05) is 50.7 Å². The average molecular weight is 513 g/mol. The summed E-state index contributed by atoms with van der Waals surface area (Å²) >= 11 is 0. The number of nitrogens with zero attached hydrogens (tertiary/aromatic N) is 2. The first kappa shape index (κ1) is 26.5. The van der Waals surface area contributed by atoms with Crippen LogP contribution in [0.1, 0.15) is 44.6 Å². The minimum absolute atomic E-state index is 0.0168. The molecule has 7 heteroatoms. The molecular formula is C30H44N2O5. The largest absolute Gasteiger partial charge is 0.497 e. The summed E-state index contributed by atoms with van der Waals surface area (Å²) in [6.45, 7) is 13.5. The van der Waals surface area contributed by atoms with Crippen LogP contribution in [0.5, 0.6) is 11.5 Å². The van der Waals surface area contributed by atoms with Crippen molar-refractivity contribution in [3.05, 3.63) is 35.9 Å². The van der Waals surface area contributed by atoms with Gasteiger partial charge in [-0.15, -0.1) is 0 Å². The Kier molecular flexibility index (Phi) is 8.13. The third-order valence-corrected chi connectivity index (χ3v) is 9.49. The van der Waals surface area contributed by atoms with Crippen LogP contribution in [0, 0.1) is 23.2 Å². The number of esters is 1. The van der Waals surface area contributed by atoms with Crippen LogP contribution in [-0.2, 0) is 20.8 Å². The van der Waals surface area contributed by atoms with Gasteiger partial charge in [-0.1, -0.05) is 19.1 Å². The zero-order valence-corrected chi connectivity index (χ0v) is 22.9. The fourth-order valence-corrected chi connectivity index (χ4v) is 7.33. The van der Waals surface area contributed by atoms with Gasteiger partial charge in [0.15, 0.2) is 0 Å². The Morgan fingerprint density at radius 3 is 2.78 bits per heavy atom. The lowest BCUT2D eigenvalue weighted by molar-refractivity contribution is -0.146. The fraction of sp³-hybridized carbons (Fsp3) is 0.700. The van der Waals surface area contributed by atoms with Gasteiger partial charge in [0.1, 0.15) is 17.6 Å². The van der Waals surface area contributed by atoms with Gasteiger partial charge in [-0.25, -0.2) is 0 Å². The lowest BCUT2D eigenvalue weighted by atomic mass is 9.55. The molecule has 204 valence electrons. The number of allylic oxidation sites excluding steroid dienone is 1. The first-order valence-corrected chi connectivity index (χ1v) is 14.0. The second-order valence-corrected chi connectivity index (χ2v) is 11.8. The summed E-state index contributed by atoms with van der Waals surface area (Å²) < 4.78 is 22.8. The molecule has 0 bridgehead atoms. The van der Waals surface area contributed by atoms with E-state index in [1.807, 2.05) is 12.1 Å². The van der Waals surface area contributed by atoms with Crippen LogP contribution >= 0.6 is 0 Å². The Morgan fingerprint density at radius 2 is 2.03 bits per heavy atom. The molecule has 37 heavy (non-hydrogen) atoms. The van der Waals surface area contributed by atoms with E-state index in [0.717, 1.165) is 75.7 Å². The molecule has 0 unspecified atom stereocenters. The Hall–Kier alpha value is -2.09. The van der Waals surface area contributed by atoms with Crippen molar-refractivity contribution in [2.45, 2.75) is 51.7 Å². The molecule has 2 saturated carbocycles. The zero-order chi connectivity index (χ0) is 26.0. The number of fused-ring (bicyclic) bond motifs is 2. The monoisotopic (exact) mass is 512 g/mol. The molecular weight excluding hydrogens is 468 g/mol. The van der Waals surface area contributed by atoms with Gasteiger partial charge >= 0.3 is 5.97 Å². The molecule has 4 fully saturated rings. The number of morpholine rings is 1. The summed E-state index contributed by atoms with van der Waals surface area (Å²) in [7, 11) is 3.39. The number of rotatable bonds is 9. The molecule has 2 saturated heterocycles. The summed E-state index contributed by atoms with van der Waals surface area (Å²) in [5.41, 5.74) is 2.68. The van der Waals surface area contributed by atoms with Crippen LogP contribution in [0.3, 0.4) is 0 Å². The van der Waals surface area contributed by atoms with Crippen LogP contribution in [-0.4, -0.2) is 82.0 Å². The van der Waals surface area contributed by atoms with E-state index < -0.39 is 0 Å². The maximum Gasteiger partial charge on any atom is 0.310 e. The Morgan fingerprint density at radius 1 is 1.22 bits per heavy atom. The van der Waals surface area contributed by atoms with Gasteiger partial charge in [-0.2, -0.15) is 0 Å². The van der Waals surface area contributed by atoms with E-state index in [0.29, 0.717) is 19.0 Å². The SMILES string of the molecule is C=C1CCC[C@]2(C)C[C@H]3OC(=O)[C@@H](CN(CCN4CCOCC4)Cc4cc(OC)ccc4OC)[C@H]3C[C@H]12. The highest BCUT2D eigenvalue weighted by Gasteiger charge is 2.55. The average Bonchev–Trinajstić information content (AvgIpc) is 3.19. The first-order chi connectivity index (χ1) is 17.9. The van der Waals surface area contributed by atoms with Crippen LogP contribution in [0.25, 0.3) is 0 Å². The summed E-state index contributed by atoms with van der Waals surface area (Å²) in [5, 5.41) is 0. The van der Waals surface area contributed by atoms with Crippen molar-refractivity contribution in [1.82, 2.24) is 9.80 Å². The maximum absolute atomic E-state index is 13.3. The topological polar surface area (TPSA) is 60.5 Å². The third-order valence-electron chi connectivity index (χ3n) is 9.49. The number of benzene rings is 1. The van der Waals surface area contributed by atoms with Gasteiger partial charge in [0.25, 0.3) is 0 Å². The second-order valence-electron chi connectivity index (χ2n) is 11.8. The van der Waals surface area contributed by atoms with Crippen LogP contribution in [0.2, 0.25) is 0 Å². The van der Waals surface area contributed by atoms with Crippen LogP contribution in [0.4, 0.5) is 0 Å². The molecule has 0 N–H and O–H groups in total. The van der Waals surface area contributed by atoms with E-state index in [4.69, 9.17) is 18.9 Å². The van der Waals surface area contributed by atoms with Crippen molar-refractivity contribution in [1.29, 1.82) is 0 Å². The minimum atomic E-state index is -0.106. The van der Waals surface area contributed by atoms with E-state index in [2.05, 4.69) is 29.4 Å². The molecule has 7 nitrogen and oxygen atoms in total. The summed E-state index contributed by atoms with van der Waals surface area (Å²) in [4.78, 5) is 18.2. The van der Waals surface area contributed by atoms with Gasteiger partial charge in [-0.05, 0) is 61.6 Å². The van der Waals surface area contributed by atoms with Crippen molar-refractivity contribution in [2.75, 3.05) is 60.2 Å². The van der Waals surface area contributed by atoms with Crippen molar-refractivity contribution in [3.63, 3.8) is 0 Å². The molecule has 0 aromatic heterocycles. The lowest BCUT2D eigenvalue weighted by Gasteiger charge is -2.50. The van der Waals surface area contributed by atoms with Gasteiger partial charge < -0.3 is 18.9 Å². The maximum atomic E-state index is 13.3.